The fourth-order valence-electron chi connectivity index (χ4n) is 1.71. The first-order chi connectivity index (χ1) is 9.03. The Morgan fingerprint density at radius 3 is 2.00 bits per heavy atom. The van der Waals surface area contributed by atoms with Crippen LogP contribution in [0.15, 0.2) is 12.1 Å². The number of alkyl halides is 3. The summed E-state index contributed by atoms with van der Waals surface area (Å²) in [5, 5.41) is 7.09. The SMILES string of the molecule is CC(C)N(CC(F)(F)F)c1c(F)cc(C(=N)N)cc1F. The van der Waals surface area contributed by atoms with Gasteiger partial charge in [0.1, 0.15) is 29.7 Å². The molecule has 112 valence electrons. The molecule has 0 aliphatic heterocycles. The lowest BCUT2D eigenvalue weighted by Gasteiger charge is -2.30. The molecule has 0 atom stereocenters. The van der Waals surface area contributed by atoms with Gasteiger partial charge in [-0.25, -0.2) is 8.78 Å². The van der Waals surface area contributed by atoms with E-state index in [9.17, 15) is 22.0 Å². The van der Waals surface area contributed by atoms with E-state index >= 15 is 0 Å². The monoisotopic (exact) mass is 295 g/mol. The molecule has 1 aromatic carbocycles. The van der Waals surface area contributed by atoms with Crippen LogP contribution >= 0.6 is 0 Å². The molecule has 0 amide bonds. The van der Waals surface area contributed by atoms with Crippen LogP contribution in [0.25, 0.3) is 0 Å². The van der Waals surface area contributed by atoms with E-state index in [1.54, 1.807) is 0 Å². The van der Waals surface area contributed by atoms with E-state index in [4.69, 9.17) is 11.1 Å². The Bertz CT molecular complexity index is 487. The van der Waals surface area contributed by atoms with Crippen molar-refractivity contribution in [1.82, 2.24) is 0 Å². The lowest BCUT2D eigenvalue weighted by molar-refractivity contribution is -0.120. The minimum atomic E-state index is -4.59. The third kappa shape index (κ3) is 3.82. The number of anilines is 1. The van der Waals surface area contributed by atoms with Crippen LogP contribution in [0.3, 0.4) is 0 Å². The molecule has 0 radical (unpaired) electrons. The first-order valence-corrected chi connectivity index (χ1v) is 5.69. The zero-order valence-corrected chi connectivity index (χ0v) is 10.9. The van der Waals surface area contributed by atoms with Gasteiger partial charge in [-0.2, -0.15) is 13.2 Å². The maximum atomic E-state index is 13.9. The highest BCUT2D eigenvalue weighted by atomic mass is 19.4. The molecular formula is C12H14F5N3. The van der Waals surface area contributed by atoms with Crippen molar-refractivity contribution in [3.8, 4) is 0 Å². The van der Waals surface area contributed by atoms with Gasteiger partial charge in [-0.05, 0) is 26.0 Å². The summed E-state index contributed by atoms with van der Waals surface area (Å²) in [4.78, 5) is 0.578. The van der Waals surface area contributed by atoms with Gasteiger partial charge < -0.3 is 10.6 Å². The Labute approximate surface area is 112 Å². The van der Waals surface area contributed by atoms with Gasteiger partial charge in [0.05, 0.1) is 0 Å². The quantitative estimate of drug-likeness (QED) is 0.509. The molecule has 1 rings (SSSR count). The standard InChI is InChI=1S/C12H14F5N3/c1-6(2)20(5-12(15,16)17)10-8(13)3-7(11(18)19)4-9(10)14/h3-4,6H,5H2,1-2H3,(H3,18,19). The molecule has 0 aliphatic carbocycles. The number of nitrogens with zero attached hydrogens (tertiary/aromatic N) is 1. The van der Waals surface area contributed by atoms with Crippen molar-refractivity contribution in [3.05, 3.63) is 29.3 Å². The number of benzene rings is 1. The number of hydrogen-bond acceptors (Lipinski definition) is 2. The molecule has 3 nitrogen and oxygen atoms in total. The summed E-state index contributed by atoms with van der Waals surface area (Å²) < 4.78 is 65.2. The Morgan fingerprint density at radius 2 is 1.70 bits per heavy atom. The van der Waals surface area contributed by atoms with Crippen LogP contribution < -0.4 is 10.6 Å². The van der Waals surface area contributed by atoms with E-state index in [1.165, 1.54) is 13.8 Å². The van der Waals surface area contributed by atoms with Gasteiger partial charge in [0.15, 0.2) is 0 Å². The Kier molecular flexibility index (Phi) is 4.57. The molecule has 0 fully saturated rings. The summed E-state index contributed by atoms with van der Waals surface area (Å²) in [6, 6.07) is 0.725. The molecule has 0 unspecified atom stereocenters. The zero-order chi connectivity index (χ0) is 15.7. The van der Waals surface area contributed by atoms with Gasteiger partial charge in [-0.15, -0.1) is 0 Å². The summed E-state index contributed by atoms with van der Waals surface area (Å²) in [5.41, 5.74) is 4.10. The van der Waals surface area contributed by atoms with E-state index < -0.39 is 41.9 Å². The summed E-state index contributed by atoms with van der Waals surface area (Å²) in [7, 11) is 0. The van der Waals surface area contributed by atoms with Crippen LogP contribution in [0.2, 0.25) is 0 Å². The number of nitrogens with one attached hydrogen (secondary N) is 1. The molecule has 0 saturated carbocycles. The molecule has 20 heavy (non-hydrogen) atoms. The predicted octanol–water partition coefficient (Wildman–Crippen LogP) is 3.03. The summed E-state index contributed by atoms with van der Waals surface area (Å²) in [6.07, 6.45) is -4.59. The lowest BCUT2D eigenvalue weighted by Crippen LogP contribution is -2.40. The topological polar surface area (TPSA) is 53.1 Å². The second-order valence-corrected chi connectivity index (χ2v) is 4.54. The largest absolute Gasteiger partial charge is 0.405 e. The van der Waals surface area contributed by atoms with E-state index in [0.29, 0.717) is 4.90 Å². The van der Waals surface area contributed by atoms with Crippen LogP contribution in [0.1, 0.15) is 19.4 Å². The smallest absolute Gasteiger partial charge is 0.384 e. The molecule has 8 heteroatoms. The molecule has 0 heterocycles. The third-order valence-electron chi connectivity index (χ3n) is 2.59. The third-order valence-corrected chi connectivity index (χ3v) is 2.59. The molecule has 0 bridgehead atoms. The fraction of sp³-hybridized carbons (Fsp3) is 0.417. The first-order valence-electron chi connectivity index (χ1n) is 5.69. The molecule has 1 aromatic rings. The van der Waals surface area contributed by atoms with Gasteiger partial charge in [0, 0.05) is 11.6 Å². The maximum Gasteiger partial charge on any atom is 0.405 e. The van der Waals surface area contributed by atoms with Crippen LogP contribution in [0.4, 0.5) is 27.6 Å². The van der Waals surface area contributed by atoms with Crippen molar-refractivity contribution in [2.24, 2.45) is 5.73 Å². The zero-order valence-electron chi connectivity index (χ0n) is 10.9. The Balaban J connectivity index is 3.31. The second-order valence-electron chi connectivity index (χ2n) is 4.54. The number of nitrogens with two attached hydrogens (primary N) is 1. The van der Waals surface area contributed by atoms with Crippen LogP contribution in [-0.2, 0) is 0 Å². The van der Waals surface area contributed by atoms with E-state index in [-0.39, 0.29) is 5.56 Å². The van der Waals surface area contributed by atoms with Crippen molar-refractivity contribution < 1.29 is 22.0 Å². The molecule has 3 N–H and O–H groups in total. The fourth-order valence-corrected chi connectivity index (χ4v) is 1.71. The minimum absolute atomic E-state index is 0.223. The van der Waals surface area contributed by atoms with Crippen LogP contribution in [0.5, 0.6) is 0 Å². The Hall–Kier alpha value is -1.86. The van der Waals surface area contributed by atoms with Gasteiger partial charge in [0.2, 0.25) is 0 Å². The molecule has 0 saturated heterocycles. The number of rotatable bonds is 4. The van der Waals surface area contributed by atoms with Gasteiger partial charge in [-0.1, -0.05) is 0 Å². The summed E-state index contributed by atoms with van der Waals surface area (Å²) in [5.74, 6) is -2.94. The van der Waals surface area contributed by atoms with E-state index in [0.717, 1.165) is 12.1 Å². The van der Waals surface area contributed by atoms with Crippen LogP contribution in [-0.4, -0.2) is 24.6 Å². The number of halogens is 5. The lowest BCUT2D eigenvalue weighted by atomic mass is 10.1. The van der Waals surface area contributed by atoms with Crippen molar-refractivity contribution in [2.45, 2.75) is 26.1 Å². The highest BCUT2D eigenvalue weighted by Gasteiger charge is 2.34. The highest BCUT2D eigenvalue weighted by molar-refractivity contribution is 5.95. The summed E-state index contributed by atoms with van der Waals surface area (Å²) in [6.45, 7) is 1.31. The summed E-state index contributed by atoms with van der Waals surface area (Å²) >= 11 is 0. The van der Waals surface area contributed by atoms with Crippen molar-refractivity contribution in [2.75, 3.05) is 11.4 Å². The molecule has 0 aromatic heterocycles. The predicted molar refractivity (Wildman–Crippen MR) is 65.9 cm³/mol. The first kappa shape index (κ1) is 16.2. The van der Waals surface area contributed by atoms with Gasteiger partial charge in [0.25, 0.3) is 0 Å². The number of hydrogen-bond donors (Lipinski definition) is 2. The minimum Gasteiger partial charge on any atom is -0.384 e. The van der Waals surface area contributed by atoms with Crippen molar-refractivity contribution in [3.63, 3.8) is 0 Å². The second kappa shape index (κ2) is 5.64. The number of amidine groups is 1. The van der Waals surface area contributed by atoms with E-state index in [1.807, 2.05) is 0 Å². The molecule has 0 spiro atoms. The van der Waals surface area contributed by atoms with Crippen molar-refractivity contribution >= 4 is 11.5 Å². The average molecular weight is 295 g/mol. The normalized spacial score (nSPS) is 11.8. The average Bonchev–Trinajstić information content (AvgIpc) is 2.24. The maximum absolute atomic E-state index is 13.9. The highest BCUT2D eigenvalue weighted by Crippen LogP contribution is 2.29. The molecule has 0 aliphatic rings. The van der Waals surface area contributed by atoms with Gasteiger partial charge in [-0.3, -0.25) is 5.41 Å². The van der Waals surface area contributed by atoms with E-state index in [2.05, 4.69) is 0 Å². The van der Waals surface area contributed by atoms with Crippen LogP contribution in [0, 0.1) is 17.0 Å². The van der Waals surface area contributed by atoms with Crippen molar-refractivity contribution in [1.29, 1.82) is 5.41 Å². The number of nitrogen functional groups attached to an aromatic ring is 1. The Morgan fingerprint density at radius 1 is 1.25 bits per heavy atom. The van der Waals surface area contributed by atoms with Gasteiger partial charge >= 0.3 is 6.18 Å². The molecular weight excluding hydrogens is 281 g/mol.